The van der Waals surface area contributed by atoms with E-state index in [1.165, 1.54) is 6.07 Å². The second-order valence-corrected chi connectivity index (χ2v) is 4.72. The van der Waals surface area contributed by atoms with Crippen LogP contribution in [0.25, 0.3) is 0 Å². The maximum Gasteiger partial charge on any atom is 0.252 e. The predicted octanol–water partition coefficient (Wildman–Crippen LogP) is 2.33. The van der Waals surface area contributed by atoms with Crippen molar-refractivity contribution < 1.29 is 4.79 Å². The Bertz CT molecular complexity index is 664. The molecule has 2 rings (SSSR count). The highest BCUT2D eigenvalue weighted by molar-refractivity contribution is 6.30. The van der Waals surface area contributed by atoms with Crippen molar-refractivity contribution in [2.75, 3.05) is 0 Å². The third-order valence-corrected chi connectivity index (χ3v) is 3.23. The number of aromatic nitrogens is 1. The van der Waals surface area contributed by atoms with Gasteiger partial charge in [-0.3, -0.25) is 10.2 Å². The van der Waals surface area contributed by atoms with Crippen molar-refractivity contribution in [3.8, 4) is 0 Å². The van der Waals surface area contributed by atoms with E-state index in [1.807, 2.05) is 37.3 Å². The van der Waals surface area contributed by atoms with Crippen LogP contribution in [0.3, 0.4) is 0 Å². The standard InChI is InChI=1S/C14H14ClN3O/c1-9(10-5-3-2-4-6-10)18-8-11(15)7-12(13(18)16)14(17)19/h2-9,16H,1H3,(H2,17,19)/t9-/m1/s1. The van der Waals surface area contributed by atoms with E-state index in [0.29, 0.717) is 5.02 Å². The fraction of sp³-hybridized carbons (Fsp3) is 0.143. The van der Waals surface area contributed by atoms with Gasteiger partial charge in [0, 0.05) is 6.20 Å². The lowest BCUT2D eigenvalue weighted by atomic mass is 10.1. The summed E-state index contributed by atoms with van der Waals surface area (Å²) in [5.41, 5.74) is 6.47. The fourth-order valence-electron chi connectivity index (χ4n) is 1.97. The van der Waals surface area contributed by atoms with Gasteiger partial charge in [0.15, 0.2) is 0 Å². The Morgan fingerprint density at radius 2 is 2.00 bits per heavy atom. The van der Waals surface area contributed by atoms with Crippen LogP contribution in [0.2, 0.25) is 5.02 Å². The molecular formula is C14H14ClN3O. The minimum atomic E-state index is -0.651. The van der Waals surface area contributed by atoms with Crippen molar-refractivity contribution in [2.45, 2.75) is 13.0 Å². The maximum absolute atomic E-state index is 11.3. The van der Waals surface area contributed by atoms with Crippen LogP contribution >= 0.6 is 11.6 Å². The number of amides is 1. The quantitative estimate of drug-likeness (QED) is 0.887. The number of nitrogens with one attached hydrogen (secondary N) is 1. The molecule has 1 aromatic carbocycles. The largest absolute Gasteiger partial charge is 0.365 e. The Balaban J connectivity index is 2.57. The first-order valence-corrected chi connectivity index (χ1v) is 6.19. The Morgan fingerprint density at radius 3 is 2.58 bits per heavy atom. The van der Waals surface area contributed by atoms with Gasteiger partial charge in [-0.1, -0.05) is 41.9 Å². The molecule has 1 heterocycles. The van der Waals surface area contributed by atoms with Crippen LogP contribution in [0.5, 0.6) is 0 Å². The lowest BCUT2D eigenvalue weighted by molar-refractivity contribution is 0.0997. The molecule has 0 saturated carbocycles. The van der Waals surface area contributed by atoms with E-state index in [-0.39, 0.29) is 17.1 Å². The highest BCUT2D eigenvalue weighted by Gasteiger charge is 2.13. The smallest absolute Gasteiger partial charge is 0.252 e. The zero-order valence-electron chi connectivity index (χ0n) is 10.4. The molecule has 0 fully saturated rings. The van der Waals surface area contributed by atoms with Crippen molar-refractivity contribution in [3.63, 3.8) is 0 Å². The van der Waals surface area contributed by atoms with E-state index in [9.17, 15) is 4.79 Å². The Kier molecular flexibility index (Phi) is 3.71. The van der Waals surface area contributed by atoms with E-state index in [0.717, 1.165) is 5.56 Å². The molecular weight excluding hydrogens is 262 g/mol. The summed E-state index contributed by atoms with van der Waals surface area (Å²) in [6.07, 6.45) is 1.63. The summed E-state index contributed by atoms with van der Waals surface area (Å²) in [6, 6.07) is 11.0. The summed E-state index contributed by atoms with van der Waals surface area (Å²) in [5, 5.41) is 8.44. The van der Waals surface area contributed by atoms with Crippen molar-refractivity contribution >= 4 is 17.5 Å². The van der Waals surface area contributed by atoms with Crippen molar-refractivity contribution in [1.82, 2.24) is 4.57 Å². The monoisotopic (exact) mass is 275 g/mol. The topological polar surface area (TPSA) is 71.9 Å². The van der Waals surface area contributed by atoms with Crippen LogP contribution in [0.4, 0.5) is 0 Å². The molecule has 3 N–H and O–H groups in total. The predicted molar refractivity (Wildman–Crippen MR) is 74.1 cm³/mol. The van der Waals surface area contributed by atoms with Gasteiger partial charge in [-0.05, 0) is 18.6 Å². The Morgan fingerprint density at radius 1 is 1.37 bits per heavy atom. The lowest BCUT2D eigenvalue weighted by Gasteiger charge is -2.18. The number of benzene rings is 1. The van der Waals surface area contributed by atoms with E-state index in [2.05, 4.69) is 0 Å². The van der Waals surface area contributed by atoms with Gasteiger partial charge in [0.1, 0.15) is 5.49 Å². The summed E-state index contributed by atoms with van der Waals surface area (Å²) in [5.74, 6) is -0.651. The van der Waals surface area contributed by atoms with Gasteiger partial charge in [-0.15, -0.1) is 0 Å². The van der Waals surface area contributed by atoms with E-state index in [1.54, 1.807) is 10.8 Å². The number of carbonyl (C=O) groups excluding carboxylic acids is 1. The van der Waals surface area contributed by atoms with Crippen LogP contribution < -0.4 is 11.2 Å². The molecule has 0 unspecified atom stereocenters. The van der Waals surface area contributed by atoms with E-state index >= 15 is 0 Å². The minimum Gasteiger partial charge on any atom is -0.365 e. The number of nitrogens with zero attached hydrogens (tertiary/aromatic N) is 1. The van der Waals surface area contributed by atoms with Crippen LogP contribution in [-0.4, -0.2) is 10.5 Å². The molecule has 1 atom stereocenters. The van der Waals surface area contributed by atoms with Crippen LogP contribution in [0.1, 0.15) is 28.9 Å². The average molecular weight is 276 g/mol. The fourth-order valence-corrected chi connectivity index (χ4v) is 2.18. The molecule has 0 saturated heterocycles. The minimum absolute atomic E-state index is 0.0632. The molecule has 0 bridgehead atoms. The van der Waals surface area contributed by atoms with Gasteiger partial charge < -0.3 is 10.3 Å². The molecule has 0 aliphatic heterocycles. The maximum atomic E-state index is 11.3. The molecule has 98 valence electrons. The molecule has 19 heavy (non-hydrogen) atoms. The zero-order chi connectivity index (χ0) is 14.0. The third-order valence-electron chi connectivity index (χ3n) is 3.02. The highest BCUT2D eigenvalue weighted by atomic mass is 35.5. The van der Waals surface area contributed by atoms with Gasteiger partial charge in [-0.25, -0.2) is 0 Å². The first kappa shape index (κ1) is 13.4. The van der Waals surface area contributed by atoms with Crippen molar-refractivity contribution in [1.29, 1.82) is 5.41 Å². The van der Waals surface area contributed by atoms with E-state index in [4.69, 9.17) is 22.7 Å². The normalized spacial score (nSPS) is 12.1. The first-order chi connectivity index (χ1) is 9.00. The summed E-state index contributed by atoms with van der Waals surface area (Å²) >= 11 is 5.99. The molecule has 2 aromatic rings. The Labute approximate surface area is 116 Å². The summed E-state index contributed by atoms with van der Waals surface area (Å²) in [7, 11) is 0. The van der Waals surface area contributed by atoms with E-state index < -0.39 is 5.91 Å². The van der Waals surface area contributed by atoms with Gasteiger partial charge in [-0.2, -0.15) is 0 Å². The number of primary amides is 1. The zero-order valence-corrected chi connectivity index (χ0v) is 11.2. The third kappa shape index (κ3) is 2.69. The molecule has 0 aliphatic rings. The first-order valence-electron chi connectivity index (χ1n) is 5.81. The number of nitrogens with two attached hydrogens (primary N) is 1. The number of hydrogen-bond acceptors (Lipinski definition) is 2. The lowest BCUT2D eigenvalue weighted by Crippen LogP contribution is -2.31. The van der Waals surface area contributed by atoms with Crippen molar-refractivity contribution in [3.05, 3.63) is 64.2 Å². The average Bonchev–Trinajstić information content (AvgIpc) is 2.41. The summed E-state index contributed by atoms with van der Waals surface area (Å²) < 4.78 is 1.64. The number of pyridine rings is 1. The van der Waals surface area contributed by atoms with Crippen LogP contribution in [-0.2, 0) is 0 Å². The van der Waals surface area contributed by atoms with Crippen LogP contribution in [0, 0.1) is 5.41 Å². The molecule has 0 aliphatic carbocycles. The molecule has 1 aromatic heterocycles. The SMILES string of the molecule is C[C@H](c1ccccc1)n1cc(Cl)cc(C(N)=O)c1=N. The van der Waals surface area contributed by atoms with Crippen LogP contribution in [0.15, 0.2) is 42.6 Å². The van der Waals surface area contributed by atoms with Crippen molar-refractivity contribution in [2.24, 2.45) is 5.73 Å². The molecule has 1 amide bonds. The number of carbonyl (C=O) groups is 1. The number of halogens is 1. The number of rotatable bonds is 3. The highest BCUT2D eigenvalue weighted by Crippen LogP contribution is 2.18. The molecule has 4 nitrogen and oxygen atoms in total. The van der Waals surface area contributed by atoms with Gasteiger partial charge in [0.05, 0.1) is 16.6 Å². The molecule has 0 spiro atoms. The van der Waals surface area contributed by atoms with Gasteiger partial charge >= 0.3 is 0 Å². The molecule has 0 radical (unpaired) electrons. The summed E-state index contributed by atoms with van der Waals surface area (Å²) in [6.45, 7) is 1.94. The number of hydrogen-bond donors (Lipinski definition) is 2. The summed E-state index contributed by atoms with van der Waals surface area (Å²) in [4.78, 5) is 11.3. The second kappa shape index (κ2) is 5.28. The Hall–Kier alpha value is -2.07. The second-order valence-electron chi connectivity index (χ2n) is 4.28. The molecule has 5 heteroatoms. The van der Waals surface area contributed by atoms with Gasteiger partial charge in [0.25, 0.3) is 5.91 Å². The van der Waals surface area contributed by atoms with Gasteiger partial charge in [0.2, 0.25) is 0 Å².